The van der Waals surface area contributed by atoms with Crippen molar-refractivity contribution in [2.75, 3.05) is 22.9 Å². The zero-order chi connectivity index (χ0) is 18.8. The maximum absolute atomic E-state index is 12.4. The van der Waals surface area contributed by atoms with Gasteiger partial charge in [0.2, 0.25) is 15.9 Å². The van der Waals surface area contributed by atoms with Crippen LogP contribution in [0.15, 0.2) is 24.3 Å². The molecular formula is C15H18N4O4S2. The number of primary amides is 1. The van der Waals surface area contributed by atoms with E-state index in [9.17, 15) is 18.0 Å². The molecule has 0 unspecified atom stereocenters. The zero-order valence-corrected chi connectivity index (χ0v) is 15.6. The highest BCUT2D eigenvalue weighted by Crippen LogP contribution is 2.27. The van der Waals surface area contributed by atoms with Crippen molar-refractivity contribution in [2.45, 2.75) is 13.3 Å². The first kappa shape index (κ1) is 18.9. The third kappa shape index (κ3) is 4.77. The van der Waals surface area contributed by atoms with E-state index in [-0.39, 0.29) is 17.5 Å². The highest BCUT2D eigenvalue weighted by Gasteiger charge is 2.21. The molecular weight excluding hydrogens is 364 g/mol. The number of hydrogen-bond donors (Lipinski definition) is 2. The fraction of sp³-hybridized carbons (Fsp3) is 0.267. The van der Waals surface area contributed by atoms with Crippen LogP contribution in [0.4, 0.5) is 10.8 Å². The second kappa shape index (κ2) is 7.19. The van der Waals surface area contributed by atoms with Gasteiger partial charge in [-0.1, -0.05) is 23.5 Å². The SMILES string of the molecule is Cc1nc(N(C)S(C)(=O)=O)sc1C(=O)Nc1ccc(CC(N)=O)cc1. The van der Waals surface area contributed by atoms with E-state index in [1.54, 1.807) is 31.2 Å². The molecule has 2 aromatic rings. The molecule has 0 bridgehead atoms. The highest BCUT2D eigenvalue weighted by molar-refractivity contribution is 7.92. The molecule has 134 valence electrons. The lowest BCUT2D eigenvalue weighted by atomic mass is 10.1. The number of sulfonamides is 1. The summed E-state index contributed by atoms with van der Waals surface area (Å²) in [5.74, 6) is -0.814. The number of anilines is 2. The number of carbonyl (C=O) groups excluding carboxylic acids is 2. The van der Waals surface area contributed by atoms with E-state index >= 15 is 0 Å². The average molecular weight is 382 g/mol. The smallest absolute Gasteiger partial charge is 0.267 e. The van der Waals surface area contributed by atoms with E-state index in [1.165, 1.54) is 7.05 Å². The first-order valence-corrected chi connectivity index (χ1v) is 9.84. The summed E-state index contributed by atoms with van der Waals surface area (Å²) in [6, 6.07) is 6.72. The Hall–Kier alpha value is -2.46. The summed E-state index contributed by atoms with van der Waals surface area (Å²) >= 11 is 0.996. The van der Waals surface area contributed by atoms with Gasteiger partial charge in [0.15, 0.2) is 5.13 Å². The van der Waals surface area contributed by atoms with E-state index in [0.717, 1.165) is 27.5 Å². The first-order chi connectivity index (χ1) is 11.6. The van der Waals surface area contributed by atoms with Crippen molar-refractivity contribution in [1.29, 1.82) is 0 Å². The van der Waals surface area contributed by atoms with Gasteiger partial charge in [0.25, 0.3) is 5.91 Å². The molecule has 0 radical (unpaired) electrons. The Kier molecular flexibility index (Phi) is 5.43. The molecule has 3 N–H and O–H groups in total. The topological polar surface area (TPSA) is 122 Å². The molecule has 25 heavy (non-hydrogen) atoms. The number of amides is 2. The molecule has 0 saturated carbocycles. The molecule has 2 amide bonds. The van der Waals surface area contributed by atoms with Crippen LogP contribution in [-0.4, -0.2) is 38.5 Å². The van der Waals surface area contributed by atoms with Crippen molar-refractivity contribution in [1.82, 2.24) is 4.98 Å². The van der Waals surface area contributed by atoms with Gasteiger partial charge in [0, 0.05) is 12.7 Å². The van der Waals surface area contributed by atoms with Crippen LogP contribution in [0.3, 0.4) is 0 Å². The van der Waals surface area contributed by atoms with Crippen LogP contribution < -0.4 is 15.4 Å². The molecule has 0 saturated heterocycles. The molecule has 0 aliphatic carbocycles. The number of aromatic nitrogens is 1. The van der Waals surface area contributed by atoms with Crippen LogP contribution in [0.2, 0.25) is 0 Å². The third-order valence-electron chi connectivity index (χ3n) is 3.35. The number of carbonyl (C=O) groups is 2. The Balaban J connectivity index is 2.16. The minimum absolute atomic E-state index is 0.128. The number of nitrogens with zero attached hydrogens (tertiary/aromatic N) is 2. The van der Waals surface area contributed by atoms with Gasteiger partial charge in [-0.25, -0.2) is 17.7 Å². The van der Waals surface area contributed by atoms with Crippen LogP contribution in [-0.2, 0) is 21.2 Å². The van der Waals surface area contributed by atoms with Crippen molar-refractivity contribution in [3.8, 4) is 0 Å². The summed E-state index contributed by atoms with van der Waals surface area (Å²) in [7, 11) is -2.07. The summed E-state index contributed by atoms with van der Waals surface area (Å²) in [6.45, 7) is 1.64. The second-order valence-electron chi connectivity index (χ2n) is 5.44. The number of hydrogen-bond acceptors (Lipinski definition) is 6. The summed E-state index contributed by atoms with van der Waals surface area (Å²) in [5, 5.41) is 2.94. The zero-order valence-electron chi connectivity index (χ0n) is 13.9. The fourth-order valence-electron chi connectivity index (χ4n) is 1.96. The summed E-state index contributed by atoms with van der Waals surface area (Å²) < 4.78 is 24.2. The van der Waals surface area contributed by atoms with Crippen LogP contribution >= 0.6 is 11.3 Å². The van der Waals surface area contributed by atoms with Gasteiger partial charge in [-0.2, -0.15) is 0 Å². The van der Waals surface area contributed by atoms with Gasteiger partial charge in [0.1, 0.15) is 4.88 Å². The van der Waals surface area contributed by atoms with Gasteiger partial charge in [-0.05, 0) is 24.6 Å². The first-order valence-electron chi connectivity index (χ1n) is 7.18. The Bertz CT molecular complexity index is 904. The third-order valence-corrected chi connectivity index (χ3v) is 5.86. The molecule has 0 fully saturated rings. The Morgan fingerprint density at radius 2 is 1.88 bits per heavy atom. The molecule has 0 spiro atoms. The lowest BCUT2D eigenvalue weighted by molar-refractivity contribution is -0.117. The van der Waals surface area contributed by atoms with Crippen LogP contribution in [0, 0.1) is 6.92 Å². The molecule has 0 atom stereocenters. The van der Waals surface area contributed by atoms with Gasteiger partial charge < -0.3 is 11.1 Å². The lowest BCUT2D eigenvalue weighted by Crippen LogP contribution is -2.24. The van der Waals surface area contributed by atoms with Gasteiger partial charge in [-0.3, -0.25) is 9.59 Å². The Morgan fingerprint density at radius 3 is 2.40 bits per heavy atom. The Morgan fingerprint density at radius 1 is 1.28 bits per heavy atom. The van der Waals surface area contributed by atoms with Gasteiger partial charge in [-0.15, -0.1) is 0 Å². The highest BCUT2D eigenvalue weighted by atomic mass is 32.2. The van der Waals surface area contributed by atoms with E-state index in [4.69, 9.17) is 5.73 Å². The average Bonchev–Trinajstić information content (AvgIpc) is 2.89. The normalized spacial score (nSPS) is 11.2. The largest absolute Gasteiger partial charge is 0.369 e. The second-order valence-corrected chi connectivity index (χ2v) is 8.43. The van der Waals surface area contributed by atoms with Gasteiger partial charge >= 0.3 is 0 Å². The molecule has 8 nitrogen and oxygen atoms in total. The monoisotopic (exact) mass is 382 g/mol. The number of aryl methyl sites for hydroxylation is 1. The van der Waals surface area contributed by atoms with Crippen molar-refractivity contribution in [2.24, 2.45) is 5.73 Å². The van der Waals surface area contributed by atoms with Crippen LogP contribution in [0.5, 0.6) is 0 Å². The predicted molar refractivity (Wildman–Crippen MR) is 97.4 cm³/mol. The van der Waals surface area contributed by atoms with Gasteiger partial charge in [0.05, 0.1) is 18.4 Å². The number of rotatable bonds is 6. The van der Waals surface area contributed by atoms with Crippen molar-refractivity contribution in [3.63, 3.8) is 0 Å². The summed E-state index contributed by atoms with van der Waals surface area (Å²) in [5.41, 5.74) is 6.87. The molecule has 1 aromatic carbocycles. The molecule has 0 aliphatic rings. The number of nitrogens with one attached hydrogen (secondary N) is 1. The molecule has 1 aromatic heterocycles. The number of nitrogens with two attached hydrogens (primary N) is 1. The number of benzene rings is 1. The maximum atomic E-state index is 12.4. The summed E-state index contributed by atoms with van der Waals surface area (Å²) in [4.78, 5) is 27.7. The van der Waals surface area contributed by atoms with Crippen molar-refractivity contribution < 1.29 is 18.0 Å². The standard InChI is InChI=1S/C15H18N4O4S2/c1-9-13(24-15(17-9)19(2)25(3,22)23)14(21)18-11-6-4-10(5-7-11)8-12(16)20/h4-7H,8H2,1-3H3,(H2,16,20)(H,18,21). The maximum Gasteiger partial charge on any atom is 0.267 e. The van der Waals surface area contributed by atoms with Crippen LogP contribution in [0.1, 0.15) is 20.9 Å². The number of thiazole rings is 1. The predicted octanol–water partition coefficient (Wildman–Crippen LogP) is 1.13. The van der Waals surface area contributed by atoms with Crippen molar-refractivity contribution in [3.05, 3.63) is 40.4 Å². The van der Waals surface area contributed by atoms with Crippen molar-refractivity contribution >= 4 is 44.0 Å². The Labute approximate surface area is 149 Å². The minimum atomic E-state index is -3.45. The lowest BCUT2D eigenvalue weighted by Gasteiger charge is -2.11. The molecule has 1 heterocycles. The van der Waals surface area contributed by atoms with E-state index < -0.39 is 15.9 Å². The molecule has 2 rings (SSSR count). The minimum Gasteiger partial charge on any atom is -0.369 e. The molecule has 10 heteroatoms. The summed E-state index contributed by atoms with van der Waals surface area (Å²) in [6.07, 6.45) is 1.19. The molecule has 0 aliphatic heterocycles. The quantitative estimate of drug-likeness (QED) is 0.775. The van der Waals surface area contributed by atoms with E-state index in [1.807, 2.05) is 0 Å². The van der Waals surface area contributed by atoms with E-state index in [2.05, 4.69) is 10.3 Å². The van der Waals surface area contributed by atoms with E-state index in [0.29, 0.717) is 16.3 Å². The van der Waals surface area contributed by atoms with Crippen LogP contribution in [0.25, 0.3) is 0 Å². The fourth-order valence-corrected chi connectivity index (χ4v) is 3.64.